The Morgan fingerprint density at radius 3 is 2.31 bits per heavy atom. The number of amides is 1. The molecular formula is C23H19F3N2O. The number of para-hydroxylation sites is 3. The molecule has 1 amide bonds. The van der Waals surface area contributed by atoms with Crippen molar-refractivity contribution in [3.63, 3.8) is 0 Å². The third-order valence-corrected chi connectivity index (χ3v) is 5.26. The van der Waals surface area contributed by atoms with E-state index in [2.05, 4.69) is 5.32 Å². The Morgan fingerprint density at radius 1 is 0.931 bits per heavy atom. The van der Waals surface area contributed by atoms with Gasteiger partial charge in [-0.15, -0.1) is 0 Å². The maximum atomic E-state index is 13.3. The van der Waals surface area contributed by atoms with E-state index < -0.39 is 23.6 Å². The van der Waals surface area contributed by atoms with Gasteiger partial charge < -0.3 is 10.2 Å². The SMILES string of the molecule is CN1c2ccccc2C[C@H](C(=O)Nc2ccccc2C(F)(F)F)c2ccccc21. The maximum Gasteiger partial charge on any atom is 0.418 e. The van der Waals surface area contributed by atoms with E-state index in [1.165, 1.54) is 18.2 Å². The molecule has 3 aromatic carbocycles. The summed E-state index contributed by atoms with van der Waals surface area (Å²) in [6, 6.07) is 20.3. The van der Waals surface area contributed by atoms with Gasteiger partial charge in [0.2, 0.25) is 5.91 Å². The minimum absolute atomic E-state index is 0.228. The van der Waals surface area contributed by atoms with Crippen LogP contribution in [0, 0.1) is 0 Å². The van der Waals surface area contributed by atoms with Gasteiger partial charge in [-0.2, -0.15) is 13.2 Å². The number of carbonyl (C=O) groups is 1. The Hall–Kier alpha value is -3.28. The molecule has 0 spiro atoms. The van der Waals surface area contributed by atoms with Gasteiger partial charge in [-0.25, -0.2) is 0 Å². The number of carbonyl (C=O) groups excluding carboxylic acids is 1. The lowest BCUT2D eigenvalue weighted by atomic mass is 9.91. The molecule has 0 aromatic heterocycles. The third-order valence-electron chi connectivity index (χ3n) is 5.26. The molecule has 148 valence electrons. The predicted octanol–water partition coefficient (Wildman–Crippen LogP) is 5.75. The Bertz CT molecular complexity index is 1060. The Morgan fingerprint density at radius 2 is 1.55 bits per heavy atom. The second-order valence-electron chi connectivity index (χ2n) is 7.04. The smallest absolute Gasteiger partial charge is 0.344 e. The van der Waals surface area contributed by atoms with E-state index in [4.69, 9.17) is 0 Å². The molecule has 1 atom stereocenters. The summed E-state index contributed by atoms with van der Waals surface area (Å²) in [7, 11) is 1.93. The zero-order valence-corrected chi connectivity index (χ0v) is 15.7. The number of halogens is 3. The number of rotatable bonds is 2. The number of anilines is 3. The first kappa shape index (κ1) is 19.1. The van der Waals surface area contributed by atoms with Crippen molar-refractivity contribution in [1.82, 2.24) is 0 Å². The monoisotopic (exact) mass is 396 g/mol. The van der Waals surface area contributed by atoms with Crippen LogP contribution in [0.2, 0.25) is 0 Å². The number of hydrogen-bond acceptors (Lipinski definition) is 2. The van der Waals surface area contributed by atoms with Crippen LogP contribution in [0.25, 0.3) is 0 Å². The molecule has 1 aliphatic heterocycles. The Balaban J connectivity index is 1.75. The Labute approximate surface area is 166 Å². The number of hydrogen-bond donors (Lipinski definition) is 1. The average molecular weight is 396 g/mol. The van der Waals surface area contributed by atoms with Gasteiger partial charge in [0.15, 0.2) is 0 Å². The highest BCUT2D eigenvalue weighted by molar-refractivity contribution is 5.98. The van der Waals surface area contributed by atoms with Crippen LogP contribution in [0.4, 0.5) is 30.2 Å². The summed E-state index contributed by atoms with van der Waals surface area (Å²) in [5.74, 6) is -1.07. The molecule has 0 saturated heterocycles. The van der Waals surface area contributed by atoms with Crippen molar-refractivity contribution < 1.29 is 18.0 Å². The first-order valence-corrected chi connectivity index (χ1v) is 9.24. The van der Waals surface area contributed by atoms with Gasteiger partial charge in [-0.05, 0) is 41.8 Å². The molecule has 0 fully saturated rings. The van der Waals surface area contributed by atoms with Gasteiger partial charge >= 0.3 is 6.18 Å². The van der Waals surface area contributed by atoms with Crippen molar-refractivity contribution in [2.75, 3.05) is 17.3 Å². The van der Waals surface area contributed by atoms with E-state index in [1.54, 1.807) is 0 Å². The van der Waals surface area contributed by atoms with E-state index in [1.807, 2.05) is 60.5 Å². The second kappa shape index (κ2) is 7.28. The standard InChI is InChI=1S/C23H19F3N2O/c1-28-20-12-6-2-8-15(20)14-17(16-9-3-7-13-21(16)28)22(29)27-19-11-5-4-10-18(19)23(24,25)26/h2-13,17H,14H2,1H3,(H,27,29)/t17-/m0/s1. The molecule has 3 nitrogen and oxygen atoms in total. The summed E-state index contributed by atoms with van der Waals surface area (Å²) >= 11 is 0. The first-order chi connectivity index (χ1) is 13.9. The van der Waals surface area contributed by atoms with Gasteiger partial charge in [-0.1, -0.05) is 48.5 Å². The van der Waals surface area contributed by atoms with Crippen molar-refractivity contribution in [1.29, 1.82) is 0 Å². The minimum Gasteiger partial charge on any atom is -0.344 e. The van der Waals surface area contributed by atoms with Crippen LogP contribution < -0.4 is 10.2 Å². The molecule has 29 heavy (non-hydrogen) atoms. The van der Waals surface area contributed by atoms with Crippen LogP contribution in [0.1, 0.15) is 22.6 Å². The predicted molar refractivity (Wildman–Crippen MR) is 107 cm³/mol. The number of fused-ring (bicyclic) bond motifs is 2. The largest absolute Gasteiger partial charge is 0.418 e. The lowest BCUT2D eigenvalue weighted by Crippen LogP contribution is -2.24. The molecule has 6 heteroatoms. The van der Waals surface area contributed by atoms with Crippen LogP contribution in [0.15, 0.2) is 72.8 Å². The molecule has 0 unspecified atom stereocenters. The summed E-state index contributed by atoms with van der Waals surface area (Å²) in [6.07, 6.45) is -4.14. The molecule has 1 aliphatic rings. The molecule has 1 N–H and O–H groups in total. The van der Waals surface area contributed by atoms with E-state index in [0.717, 1.165) is 28.6 Å². The highest BCUT2D eigenvalue weighted by atomic mass is 19.4. The van der Waals surface area contributed by atoms with Crippen LogP contribution in [-0.2, 0) is 17.4 Å². The fourth-order valence-electron chi connectivity index (χ4n) is 3.85. The van der Waals surface area contributed by atoms with E-state index >= 15 is 0 Å². The molecule has 0 radical (unpaired) electrons. The van der Waals surface area contributed by atoms with Crippen LogP contribution in [0.3, 0.4) is 0 Å². The lowest BCUT2D eigenvalue weighted by molar-refractivity contribution is -0.137. The highest BCUT2D eigenvalue weighted by Gasteiger charge is 2.35. The van der Waals surface area contributed by atoms with Crippen molar-refractivity contribution in [2.45, 2.75) is 18.5 Å². The van der Waals surface area contributed by atoms with Crippen LogP contribution >= 0.6 is 0 Å². The zero-order chi connectivity index (χ0) is 20.6. The third kappa shape index (κ3) is 3.58. The number of benzene rings is 3. The summed E-state index contributed by atoms with van der Waals surface area (Å²) in [4.78, 5) is 15.2. The maximum absolute atomic E-state index is 13.3. The molecular weight excluding hydrogens is 377 g/mol. The second-order valence-corrected chi connectivity index (χ2v) is 7.04. The number of nitrogens with zero attached hydrogens (tertiary/aromatic N) is 1. The number of alkyl halides is 3. The first-order valence-electron chi connectivity index (χ1n) is 9.24. The van der Waals surface area contributed by atoms with Gasteiger partial charge in [0.1, 0.15) is 0 Å². The fourth-order valence-corrected chi connectivity index (χ4v) is 3.85. The fraction of sp³-hybridized carbons (Fsp3) is 0.174. The average Bonchev–Trinajstić information content (AvgIpc) is 2.83. The Kier molecular flexibility index (Phi) is 4.78. The molecule has 1 heterocycles. The van der Waals surface area contributed by atoms with Crippen molar-refractivity contribution in [2.24, 2.45) is 0 Å². The molecule has 0 bridgehead atoms. The quantitative estimate of drug-likeness (QED) is 0.598. The van der Waals surface area contributed by atoms with Crippen molar-refractivity contribution in [3.8, 4) is 0 Å². The van der Waals surface area contributed by atoms with Crippen LogP contribution in [-0.4, -0.2) is 13.0 Å². The van der Waals surface area contributed by atoms with Gasteiger partial charge in [-0.3, -0.25) is 4.79 Å². The molecule has 4 rings (SSSR count). The van der Waals surface area contributed by atoms with E-state index in [9.17, 15) is 18.0 Å². The van der Waals surface area contributed by atoms with E-state index in [0.29, 0.717) is 6.42 Å². The van der Waals surface area contributed by atoms with Crippen molar-refractivity contribution in [3.05, 3.63) is 89.5 Å². The summed E-state index contributed by atoms with van der Waals surface area (Å²) in [5, 5.41) is 2.52. The zero-order valence-electron chi connectivity index (χ0n) is 15.7. The number of nitrogens with one attached hydrogen (secondary N) is 1. The summed E-state index contributed by atoms with van der Waals surface area (Å²) in [5.41, 5.74) is 2.51. The minimum atomic E-state index is -4.54. The topological polar surface area (TPSA) is 32.3 Å². The van der Waals surface area contributed by atoms with Gasteiger partial charge in [0, 0.05) is 18.4 Å². The summed E-state index contributed by atoms with van der Waals surface area (Å²) in [6.45, 7) is 0. The van der Waals surface area contributed by atoms with Crippen LogP contribution in [0.5, 0.6) is 0 Å². The molecule has 0 aliphatic carbocycles. The van der Waals surface area contributed by atoms with Gasteiger partial charge in [0.05, 0.1) is 17.2 Å². The molecule has 3 aromatic rings. The summed E-state index contributed by atoms with van der Waals surface area (Å²) < 4.78 is 40.0. The van der Waals surface area contributed by atoms with Gasteiger partial charge in [0.25, 0.3) is 0 Å². The normalized spacial score (nSPS) is 15.9. The highest BCUT2D eigenvalue weighted by Crippen LogP contribution is 2.41. The van der Waals surface area contributed by atoms with Crippen molar-refractivity contribution >= 4 is 23.0 Å². The lowest BCUT2D eigenvalue weighted by Gasteiger charge is -2.22. The van der Waals surface area contributed by atoms with E-state index in [-0.39, 0.29) is 5.69 Å². The molecule has 0 saturated carbocycles.